The predicted molar refractivity (Wildman–Crippen MR) is 61.2 cm³/mol. The lowest BCUT2D eigenvalue weighted by molar-refractivity contribution is 0.446. The molecular weight excluding hydrogens is 188 g/mol. The highest BCUT2D eigenvalue weighted by molar-refractivity contribution is 5.43. The molecule has 15 heavy (non-hydrogen) atoms. The number of hydrogen-bond donors (Lipinski definition) is 1. The van der Waals surface area contributed by atoms with Gasteiger partial charge in [-0.3, -0.25) is 0 Å². The number of rotatable bonds is 3. The monoisotopic (exact) mass is 206 g/mol. The van der Waals surface area contributed by atoms with Crippen molar-refractivity contribution < 1.29 is 0 Å². The second-order valence-electron chi connectivity index (χ2n) is 4.35. The van der Waals surface area contributed by atoms with Gasteiger partial charge in [-0.2, -0.15) is 0 Å². The zero-order valence-corrected chi connectivity index (χ0v) is 9.57. The molecule has 2 heterocycles. The van der Waals surface area contributed by atoms with Crippen LogP contribution in [0.3, 0.4) is 0 Å². The molecule has 4 heteroatoms. The summed E-state index contributed by atoms with van der Waals surface area (Å²) in [6, 6.07) is 2.71. The van der Waals surface area contributed by atoms with Gasteiger partial charge in [-0.1, -0.05) is 13.8 Å². The lowest BCUT2D eigenvalue weighted by Crippen LogP contribution is -2.57. The van der Waals surface area contributed by atoms with E-state index in [2.05, 4.69) is 40.1 Å². The third-order valence-electron chi connectivity index (χ3n) is 2.88. The molecule has 1 aliphatic rings. The van der Waals surface area contributed by atoms with Crippen LogP contribution < -0.4 is 10.2 Å². The summed E-state index contributed by atoms with van der Waals surface area (Å²) in [4.78, 5) is 10.8. The number of anilines is 1. The Morgan fingerprint density at radius 2 is 2.13 bits per heavy atom. The van der Waals surface area contributed by atoms with Gasteiger partial charge in [0.2, 0.25) is 0 Å². The largest absolute Gasteiger partial charge is 0.353 e. The number of nitrogens with one attached hydrogen (secondary N) is 1. The first-order valence-corrected chi connectivity index (χ1v) is 5.45. The predicted octanol–water partition coefficient (Wildman–Crippen LogP) is 1.01. The number of aromatic nitrogens is 2. The van der Waals surface area contributed by atoms with Crippen molar-refractivity contribution in [3.8, 4) is 0 Å². The average molecular weight is 206 g/mol. The molecule has 0 bridgehead atoms. The summed E-state index contributed by atoms with van der Waals surface area (Å²) in [5.74, 6) is 1.52. The van der Waals surface area contributed by atoms with Crippen molar-refractivity contribution in [2.75, 3.05) is 25.0 Å². The third kappa shape index (κ3) is 2.09. The number of hydrogen-bond acceptors (Lipinski definition) is 4. The maximum atomic E-state index is 4.30. The van der Waals surface area contributed by atoms with Crippen LogP contribution >= 0.6 is 0 Å². The minimum absolute atomic E-state index is 0.466. The molecule has 1 N–H and O–H groups in total. The zero-order valence-electron chi connectivity index (χ0n) is 9.57. The Labute approximate surface area is 90.7 Å². The van der Waals surface area contributed by atoms with E-state index in [1.165, 1.54) is 0 Å². The lowest BCUT2D eigenvalue weighted by atomic mass is 10.1. The van der Waals surface area contributed by atoms with Gasteiger partial charge in [0, 0.05) is 30.9 Å². The molecule has 1 aromatic heterocycles. The van der Waals surface area contributed by atoms with Gasteiger partial charge in [-0.25, -0.2) is 9.97 Å². The van der Waals surface area contributed by atoms with Crippen LogP contribution in [-0.4, -0.2) is 36.1 Å². The topological polar surface area (TPSA) is 41.0 Å². The van der Waals surface area contributed by atoms with E-state index < -0.39 is 0 Å². The molecule has 2 rings (SSSR count). The minimum Gasteiger partial charge on any atom is -0.353 e. The van der Waals surface area contributed by atoms with Crippen molar-refractivity contribution in [3.05, 3.63) is 18.1 Å². The van der Waals surface area contributed by atoms with Gasteiger partial charge in [0.1, 0.15) is 12.1 Å². The third-order valence-corrected chi connectivity index (χ3v) is 2.88. The fraction of sp³-hybridized carbons (Fsp3) is 0.636. The molecule has 0 amide bonds. The normalized spacial score (nSPS) is 16.9. The molecule has 0 aromatic carbocycles. The second-order valence-corrected chi connectivity index (χ2v) is 4.35. The first-order valence-electron chi connectivity index (χ1n) is 5.45. The summed E-state index contributed by atoms with van der Waals surface area (Å²) in [6.45, 7) is 6.40. The van der Waals surface area contributed by atoms with Gasteiger partial charge >= 0.3 is 0 Å². The van der Waals surface area contributed by atoms with Crippen molar-refractivity contribution in [1.82, 2.24) is 15.3 Å². The molecule has 0 aliphatic carbocycles. The van der Waals surface area contributed by atoms with Crippen molar-refractivity contribution >= 4 is 5.82 Å². The quantitative estimate of drug-likeness (QED) is 0.801. The number of likely N-dealkylation sites (N-methyl/N-ethyl adjacent to an activating group) is 1. The highest BCUT2D eigenvalue weighted by Crippen LogP contribution is 2.21. The standard InChI is InChI=1S/C11H18N4/c1-8(2)10-4-11(14-7-13-10)15-5-9(6-15)12-3/h4,7-9,12H,5-6H2,1-3H3. The van der Waals surface area contributed by atoms with Crippen LogP contribution in [0.15, 0.2) is 12.4 Å². The fourth-order valence-electron chi connectivity index (χ4n) is 1.70. The Hall–Kier alpha value is -1.16. The van der Waals surface area contributed by atoms with Crippen LogP contribution in [0.1, 0.15) is 25.5 Å². The molecule has 0 spiro atoms. The zero-order chi connectivity index (χ0) is 10.8. The van der Waals surface area contributed by atoms with Crippen LogP contribution in [0, 0.1) is 0 Å². The van der Waals surface area contributed by atoms with Gasteiger partial charge in [0.25, 0.3) is 0 Å². The van der Waals surface area contributed by atoms with E-state index in [0.717, 1.165) is 24.6 Å². The van der Waals surface area contributed by atoms with Gasteiger partial charge in [0.15, 0.2) is 0 Å². The van der Waals surface area contributed by atoms with Crippen molar-refractivity contribution in [3.63, 3.8) is 0 Å². The molecule has 0 unspecified atom stereocenters. The Bertz CT molecular complexity index is 331. The maximum absolute atomic E-state index is 4.30. The van der Waals surface area contributed by atoms with Gasteiger partial charge < -0.3 is 10.2 Å². The highest BCUT2D eigenvalue weighted by Gasteiger charge is 2.26. The fourth-order valence-corrected chi connectivity index (χ4v) is 1.70. The molecule has 0 atom stereocenters. The van der Waals surface area contributed by atoms with E-state index in [9.17, 15) is 0 Å². The second kappa shape index (κ2) is 4.14. The molecule has 82 valence electrons. The smallest absolute Gasteiger partial charge is 0.132 e. The van der Waals surface area contributed by atoms with Crippen LogP contribution in [0.25, 0.3) is 0 Å². The van der Waals surface area contributed by atoms with Crippen LogP contribution in [-0.2, 0) is 0 Å². The van der Waals surface area contributed by atoms with E-state index in [1.54, 1.807) is 6.33 Å². The summed E-state index contributed by atoms with van der Waals surface area (Å²) < 4.78 is 0. The molecule has 1 aliphatic heterocycles. The molecular formula is C11H18N4. The Morgan fingerprint density at radius 1 is 1.40 bits per heavy atom. The van der Waals surface area contributed by atoms with Crippen molar-refractivity contribution in [2.45, 2.75) is 25.8 Å². The molecule has 1 fully saturated rings. The van der Waals surface area contributed by atoms with E-state index >= 15 is 0 Å². The molecule has 1 saturated heterocycles. The first-order chi connectivity index (χ1) is 7.20. The van der Waals surface area contributed by atoms with E-state index in [0.29, 0.717) is 12.0 Å². The summed E-state index contributed by atoms with van der Waals surface area (Å²) in [7, 11) is 2.00. The molecule has 0 radical (unpaired) electrons. The van der Waals surface area contributed by atoms with E-state index in [4.69, 9.17) is 0 Å². The first kappa shape index (κ1) is 10.4. The average Bonchev–Trinajstić information content (AvgIpc) is 2.16. The molecule has 1 aromatic rings. The maximum Gasteiger partial charge on any atom is 0.132 e. The van der Waals surface area contributed by atoms with Gasteiger partial charge in [-0.05, 0) is 13.0 Å². The van der Waals surface area contributed by atoms with Crippen LogP contribution in [0.2, 0.25) is 0 Å². The highest BCUT2D eigenvalue weighted by atomic mass is 15.3. The summed E-state index contributed by atoms with van der Waals surface area (Å²) >= 11 is 0. The SMILES string of the molecule is CNC1CN(c2cc(C(C)C)ncn2)C1. The van der Waals surface area contributed by atoms with E-state index in [1.807, 2.05) is 7.05 Å². The minimum atomic E-state index is 0.466. The Morgan fingerprint density at radius 3 is 2.73 bits per heavy atom. The number of nitrogens with zero attached hydrogens (tertiary/aromatic N) is 3. The Kier molecular flexibility index (Phi) is 2.86. The van der Waals surface area contributed by atoms with Crippen LogP contribution in [0.5, 0.6) is 0 Å². The summed E-state index contributed by atoms with van der Waals surface area (Å²) in [5, 5.41) is 3.25. The molecule has 4 nitrogen and oxygen atoms in total. The van der Waals surface area contributed by atoms with Gasteiger partial charge in [0.05, 0.1) is 0 Å². The van der Waals surface area contributed by atoms with Crippen molar-refractivity contribution in [2.24, 2.45) is 0 Å². The summed E-state index contributed by atoms with van der Waals surface area (Å²) in [5.41, 5.74) is 1.12. The lowest BCUT2D eigenvalue weighted by Gasteiger charge is -2.40. The molecule has 0 saturated carbocycles. The van der Waals surface area contributed by atoms with E-state index in [-0.39, 0.29) is 0 Å². The van der Waals surface area contributed by atoms with Crippen molar-refractivity contribution in [1.29, 1.82) is 0 Å². The van der Waals surface area contributed by atoms with Gasteiger partial charge in [-0.15, -0.1) is 0 Å². The van der Waals surface area contributed by atoms with Crippen LogP contribution in [0.4, 0.5) is 5.82 Å². The Balaban J connectivity index is 2.06. The summed E-state index contributed by atoms with van der Waals surface area (Å²) in [6.07, 6.45) is 1.66.